The molecule has 7 nitrogen and oxygen atoms in total. The number of carbonyl (C=O) groups excluding carboxylic acids is 2. The van der Waals surface area contributed by atoms with Gasteiger partial charge in [0.15, 0.2) is 0 Å². The zero-order valence-electron chi connectivity index (χ0n) is 16.0. The second-order valence-corrected chi connectivity index (χ2v) is 6.87. The minimum atomic E-state index is -0.140. The van der Waals surface area contributed by atoms with Gasteiger partial charge < -0.3 is 20.3 Å². The van der Waals surface area contributed by atoms with Gasteiger partial charge in [-0.1, -0.05) is 13.8 Å². The van der Waals surface area contributed by atoms with Crippen molar-refractivity contribution in [2.24, 2.45) is 0 Å². The molecular weight excluding hydrogens is 332 g/mol. The fraction of sp³-hybridized carbons (Fsp3) is 0.632. The van der Waals surface area contributed by atoms with E-state index in [-0.39, 0.29) is 18.0 Å². The Morgan fingerprint density at radius 2 is 2.04 bits per heavy atom. The number of ether oxygens (including phenoxy) is 1. The van der Waals surface area contributed by atoms with E-state index in [4.69, 9.17) is 4.74 Å². The fourth-order valence-electron chi connectivity index (χ4n) is 2.92. The quantitative estimate of drug-likeness (QED) is 0.541. The first-order valence-electron chi connectivity index (χ1n) is 9.35. The molecule has 0 radical (unpaired) electrons. The van der Waals surface area contributed by atoms with Gasteiger partial charge in [-0.2, -0.15) is 0 Å². The lowest BCUT2D eigenvalue weighted by Crippen LogP contribution is -2.38. The topological polar surface area (TPSA) is 83.6 Å². The molecule has 7 heteroatoms. The third-order valence-corrected chi connectivity index (χ3v) is 4.41. The normalized spacial score (nSPS) is 15.2. The zero-order chi connectivity index (χ0) is 18.9. The molecule has 144 valence electrons. The predicted molar refractivity (Wildman–Crippen MR) is 101 cm³/mol. The summed E-state index contributed by atoms with van der Waals surface area (Å²) in [4.78, 5) is 30.0. The molecule has 1 amide bonds. The number of piperidine rings is 1. The number of hydrogen-bond acceptors (Lipinski definition) is 6. The van der Waals surface area contributed by atoms with Crippen molar-refractivity contribution >= 4 is 17.7 Å². The van der Waals surface area contributed by atoms with Gasteiger partial charge in [0.1, 0.15) is 11.9 Å². The van der Waals surface area contributed by atoms with Crippen molar-refractivity contribution < 1.29 is 14.3 Å². The van der Waals surface area contributed by atoms with Crippen LogP contribution in [0.4, 0.5) is 5.82 Å². The number of hydrogen-bond donors (Lipinski definition) is 2. The Labute approximate surface area is 155 Å². The molecule has 0 bridgehead atoms. The van der Waals surface area contributed by atoms with Gasteiger partial charge in [-0.05, 0) is 25.1 Å². The van der Waals surface area contributed by atoms with Crippen LogP contribution in [0.5, 0.6) is 0 Å². The summed E-state index contributed by atoms with van der Waals surface area (Å²) < 4.78 is 5.58. The van der Waals surface area contributed by atoms with Crippen LogP contribution in [-0.2, 0) is 9.53 Å². The maximum absolute atomic E-state index is 11.9. The van der Waals surface area contributed by atoms with Crippen molar-refractivity contribution in [3.05, 3.63) is 23.9 Å². The standard InChI is InChI=1S/C19H30N4O3/c1-14(2)21-10-4-5-18(24)26-16-8-11-23(12-9-16)17-7-6-15(13-22-17)19(25)20-3/h6-7,13-14,16,21H,4-5,8-12H2,1-3H3,(H,20,25). The summed E-state index contributed by atoms with van der Waals surface area (Å²) in [6.07, 6.45) is 4.44. The summed E-state index contributed by atoms with van der Waals surface area (Å²) in [5, 5.41) is 5.88. The summed E-state index contributed by atoms with van der Waals surface area (Å²) in [5.74, 6) is 0.600. The summed E-state index contributed by atoms with van der Waals surface area (Å²) in [5.41, 5.74) is 0.548. The van der Waals surface area contributed by atoms with Crippen LogP contribution >= 0.6 is 0 Å². The largest absolute Gasteiger partial charge is 0.462 e. The second kappa shape index (κ2) is 10.1. The van der Waals surface area contributed by atoms with Gasteiger partial charge >= 0.3 is 5.97 Å². The van der Waals surface area contributed by atoms with Gasteiger partial charge in [0.25, 0.3) is 5.91 Å². The van der Waals surface area contributed by atoms with Crippen molar-refractivity contribution in [3.63, 3.8) is 0 Å². The lowest BCUT2D eigenvalue weighted by molar-refractivity contribution is -0.150. The molecule has 1 fully saturated rings. The lowest BCUT2D eigenvalue weighted by Gasteiger charge is -2.32. The van der Waals surface area contributed by atoms with E-state index in [0.29, 0.717) is 18.0 Å². The van der Waals surface area contributed by atoms with Crippen molar-refractivity contribution in [2.45, 2.75) is 51.7 Å². The first-order valence-corrected chi connectivity index (χ1v) is 9.35. The molecule has 0 saturated carbocycles. The van der Waals surface area contributed by atoms with E-state index in [1.54, 1.807) is 19.3 Å². The Kier molecular flexibility index (Phi) is 7.84. The number of carbonyl (C=O) groups is 2. The van der Waals surface area contributed by atoms with E-state index >= 15 is 0 Å². The molecule has 1 aromatic rings. The van der Waals surface area contributed by atoms with E-state index in [0.717, 1.165) is 44.7 Å². The molecule has 2 heterocycles. The summed E-state index contributed by atoms with van der Waals surface area (Å²) in [6, 6.07) is 4.08. The average molecular weight is 362 g/mol. The minimum absolute atomic E-state index is 0.0121. The van der Waals surface area contributed by atoms with Gasteiger partial charge in [-0.3, -0.25) is 9.59 Å². The van der Waals surface area contributed by atoms with Gasteiger partial charge in [0.05, 0.1) is 5.56 Å². The molecule has 1 aromatic heterocycles. The van der Waals surface area contributed by atoms with Crippen LogP contribution in [0.15, 0.2) is 18.3 Å². The monoisotopic (exact) mass is 362 g/mol. The van der Waals surface area contributed by atoms with Crippen LogP contribution in [-0.4, -0.2) is 55.7 Å². The average Bonchev–Trinajstić information content (AvgIpc) is 2.65. The summed E-state index contributed by atoms with van der Waals surface area (Å²) >= 11 is 0. The second-order valence-electron chi connectivity index (χ2n) is 6.87. The summed E-state index contributed by atoms with van der Waals surface area (Å²) in [7, 11) is 1.60. The first-order chi connectivity index (χ1) is 12.5. The number of amides is 1. The van der Waals surface area contributed by atoms with Gasteiger partial charge in [0.2, 0.25) is 0 Å². The third-order valence-electron chi connectivity index (χ3n) is 4.41. The highest BCUT2D eigenvalue weighted by molar-refractivity contribution is 5.93. The highest BCUT2D eigenvalue weighted by Crippen LogP contribution is 2.20. The molecule has 1 aliphatic heterocycles. The van der Waals surface area contributed by atoms with Crippen molar-refractivity contribution in [1.29, 1.82) is 0 Å². The van der Waals surface area contributed by atoms with Crippen LogP contribution in [0, 0.1) is 0 Å². The van der Waals surface area contributed by atoms with E-state index in [2.05, 4.69) is 34.4 Å². The number of nitrogens with zero attached hydrogens (tertiary/aromatic N) is 2. The highest BCUT2D eigenvalue weighted by Gasteiger charge is 2.23. The number of esters is 1. The molecule has 1 saturated heterocycles. The van der Waals surface area contributed by atoms with Gasteiger partial charge in [-0.25, -0.2) is 4.98 Å². The minimum Gasteiger partial charge on any atom is -0.462 e. The zero-order valence-corrected chi connectivity index (χ0v) is 16.0. The first kappa shape index (κ1) is 20.2. The predicted octanol–water partition coefficient (Wildman–Crippen LogP) is 1.73. The molecular formula is C19H30N4O3. The fourth-order valence-corrected chi connectivity index (χ4v) is 2.92. The number of pyridine rings is 1. The number of anilines is 1. The van der Waals surface area contributed by atoms with E-state index in [1.807, 2.05) is 6.07 Å². The Morgan fingerprint density at radius 3 is 2.62 bits per heavy atom. The third kappa shape index (κ3) is 6.29. The van der Waals surface area contributed by atoms with Crippen molar-refractivity contribution in [1.82, 2.24) is 15.6 Å². The molecule has 0 aromatic carbocycles. The SMILES string of the molecule is CNC(=O)c1ccc(N2CCC(OC(=O)CCCNC(C)C)CC2)nc1. The van der Waals surface area contributed by atoms with Crippen LogP contribution in [0.1, 0.15) is 49.9 Å². The highest BCUT2D eigenvalue weighted by atomic mass is 16.5. The molecule has 26 heavy (non-hydrogen) atoms. The Bertz CT molecular complexity index is 581. The maximum Gasteiger partial charge on any atom is 0.306 e. The van der Waals surface area contributed by atoms with Crippen molar-refractivity contribution in [2.75, 3.05) is 31.6 Å². The van der Waals surface area contributed by atoms with Gasteiger partial charge in [-0.15, -0.1) is 0 Å². The lowest BCUT2D eigenvalue weighted by atomic mass is 10.1. The van der Waals surface area contributed by atoms with E-state index in [1.165, 1.54) is 0 Å². The van der Waals surface area contributed by atoms with Crippen LogP contribution in [0.25, 0.3) is 0 Å². The smallest absolute Gasteiger partial charge is 0.306 e. The number of aromatic nitrogens is 1. The van der Waals surface area contributed by atoms with Gasteiger partial charge in [0, 0.05) is 51.6 Å². The molecule has 0 unspecified atom stereocenters. The Hall–Kier alpha value is -2.15. The molecule has 0 aliphatic carbocycles. The maximum atomic E-state index is 11.9. The van der Waals surface area contributed by atoms with Crippen LogP contribution in [0.2, 0.25) is 0 Å². The van der Waals surface area contributed by atoms with Crippen LogP contribution in [0.3, 0.4) is 0 Å². The number of nitrogens with one attached hydrogen (secondary N) is 2. The van der Waals surface area contributed by atoms with E-state index < -0.39 is 0 Å². The molecule has 2 N–H and O–H groups in total. The van der Waals surface area contributed by atoms with Crippen LogP contribution < -0.4 is 15.5 Å². The van der Waals surface area contributed by atoms with Crippen molar-refractivity contribution in [3.8, 4) is 0 Å². The molecule has 2 rings (SSSR count). The van der Waals surface area contributed by atoms with E-state index in [9.17, 15) is 9.59 Å². The number of rotatable bonds is 8. The molecule has 1 aliphatic rings. The molecule has 0 atom stereocenters. The molecule has 0 spiro atoms. The Morgan fingerprint density at radius 1 is 1.31 bits per heavy atom. The summed E-state index contributed by atoms with van der Waals surface area (Å²) in [6.45, 7) is 6.60. The Balaban J connectivity index is 1.71.